The number of hydrogen-bond acceptors (Lipinski definition) is 12. The lowest BCUT2D eigenvalue weighted by molar-refractivity contribution is -0.240. The molecule has 13 heteroatoms. The van der Waals surface area contributed by atoms with Crippen LogP contribution in [0.5, 0.6) is 0 Å². The van der Waals surface area contributed by atoms with Gasteiger partial charge in [0.05, 0.1) is 24.0 Å². The Morgan fingerprint density at radius 2 is 1.70 bits per heavy atom. The molecule has 7 fully saturated rings. The van der Waals surface area contributed by atoms with Crippen LogP contribution in [-0.4, -0.2) is 100 Å². The molecule has 7 unspecified atom stereocenters. The molecule has 5 heterocycles. The first kappa shape index (κ1) is 30.1. The summed E-state index contributed by atoms with van der Waals surface area (Å²) in [4.78, 5) is 56.9. The number of hydrogen-bond donors (Lipinski definition) is 2. The summed E-state index contributed by atoms with van der Waals surface area (Å²) in [6.07, 6.45) is -7.28. The first-order valence-corrected chi connectivity index (χ1v) is 16.1. The molecule has 248 valence electrons. The minimum Gasteiger partial charge on any atom is -0.456 e. The predicted molar refractivity (Wildman–Crippen MR) is 152 cm³/mol. The van der Waals surface area contributed by atoms with Crippen molar-refractivity contribution in [3.63, 3.8) is 0 Å². The smallest absolute Gasteiger partial charge is 0.410 e. The van der Waals surface area contributed by atoms with Crippen LogP contribution in [0.1, 0.15) is 52.5 Å². The highest BCUT2D eigenvalue weighted by Crippen LogP contribution is 2.85. The van der Waals surface area contributed by atoms with E-state index >= 15 is 0 Å². The summed E-state index contributed by atoms with van der Waals surface area (Å²) in [6.45, 7) is 7.82. The van der Waals surface area contributed by atoms with E-state index in [9.17, 15) is 29.4 Å². The van der Waals surface area contributed by atoms with Gasteiger partial charge in [0, 0.05) is 19.0 Å². The number of aliphatic hydroxyl groups is 2. The van der Waals surface area contributed by atoms with Gasteiger partial charge in [-0.3, -0.25) is 4.79 Å². The SMILES string of the molecule is C[C@@H]1C(=O)OC2[C@H](OC(=O)N3CCCCC3)C34C5OC(=O)C3(OC3OC(=O)[C@H](OCc6ccccc6)C34C(C(C)(C)C)[C@H]5O)[C@]21O. The number of amides is 1. The summed E-state index contributed by atoms with van der Waals surface area (Å²) in [7, 11) is 0. The van der Waals surface area contributed by atoms with Gasteiger partial charge in [-0.05, 0) is 37.2 Å². The second-order valence-corrected chi connectivity index (χ2v) is 15.0. The molecule has 2 N–H and O–H groups in total. The number of fused-ring (bicyclic) bond motifs is 1. The average Bonchev–Trinajstić information content (AvgIpc) is 3.72. The lowest BCUT2D eigenvalue weighted by atomic mass is 9.50. The Kier molecular flexibility index (Phi) is 6.17. The molecule has 13 nitrogen and oxygen atoms in total. The van der Waals surface area contributed by atoms with Crippen molar-refractivity contribution in [2.75, 3.05) is 13.1 Å². The van der Waals surface area contributed by atoms with Crippen LogP contribution in [0.4, 0.5) is 4.79 Å². The number of rotatable bonds is 4. The molecule has 5 aliphatic heterocycles. The van der Waals surface area contributed by atoms with Crippen LogP contribution in [0.3, 0.4) is 0 Å². The summed E-state index contributed by atoms with van der Waals surface area (Å²) < 4.78 is 37.1. The topological polar surface area (TPSA) is 167 Å². The quantitative estimate of drug-likeness (QED) is 0.359. The van der Waals surface area contributed by atoms with Gasteiger partial charge in [-0.1, -0.05) is 51.1 Å². The van der Waals surface area contributed by atoms with Crippen molar-refractivity contribution in [1.82, 2.24) is 4.90 Å². The Hall–Kier alpha value is -3.26. The number of aliphatic hydroxyl groups excluding tert-OH is 1. The van der Waals surface area contributed by atoms with E-state index in [1.807, 2.05) is 51.1 Å². The van der Waals surface area contributed by atoms with Crippen LogP contribution in [0.2, 0.25) is 0 Å². The van der Waals surface area contributed by atoms with E-state index in [1.54, 1.807) is 0 Å². The van der Waals surface area contributed by atoms with Gasteiger partial charge < -0.3 is 43.5 Å². The van der Waals surface area contributed by atoms with Gasteiger partial charge in [0.2, 0.25) is 11.9 Å². The molecule has 8 rings (SSSR count). The minimum absolute atomic E-state index is 0.0398. The molecule has 2 aliphatic carbocycles. The monoisotopic (exact) mass is 641 g/mol. The molecular formula is C33H39NO12. The van der Waals surface area contributed by atoms with Crippen LogP contribution >= 0.6 is 0 Å². The van der Waals surface area contributed by atoms with E-state index in [2.05, 4.69) is 0 Å². The predicted octanol–water partition coefficient (Wildman–Crippen LogP) is 1.46. The highest BCUT2D eigenvalue weighted by molar-refractivity contribution is 5.94. The Bertz CT molecular complexity index is 1510. The van der Waals surface area contributed by atoms with Crippen LogP contribution in [0.15, 0.2) is 30.3 Å². The highest BCUT2D eigenvalue weighted by Gasteiger charge is 3.06. The van der Waals surface area contributed by atoms with E-state index in [0.717, 1.165) is 24.8 Å². The van der Waals surface area contributed by atoms with Gasteiger partial charge in [-0.15, -0.1) is 0 Å². The van der Waals surface area contributed by atoms with Gasteiger partial charge in [0.15, 0.2) is 23.9 Å². The van der Waals surface area contributed by atoms with Crippen molar-refractivity contribution in [2.24, 2.45) is 28.1 Å². The summed E-state index contributed by atoms with van der Waals surface area (Å²) >= 11 is 0. The standard InChI is InChI=1S/C33H39NO12/c1-16-24(36)42-22-21(44-28(39)34-13-9-6-10-14-34)31-20-18(35)19(29(2,3)4)30(31)23(41-15-17-11-7-5-8-12-17)25(37)45-27(30)46-33(31,26(38)43-20)32(16,22)40/h5,7-8,11-12,16,18-23,27,35,40H,6,9-10,13-15H2,1-4H3/t16-,18-,19?,20?,21+,22?,23+,27?,30?,31?,32-,33?/m1/s1. The van der Waals surface area contributed by atoms with E-state index in [4.69, 9.17) is 28.4 Å². The number of benzene rings is 1. The van der Waals surface area contributed by atoms with E-state index in [0.29, 0.717) is 13.1 Å². The number of carbonyl (C=O) groups is 4. The summed E-state index contributed by atoms with van der Waals surface area (Å²) in [5, 5.41) is 25.0. The summed E-state index contributed by atoms with van der Waals surface area (Å²) in [5.41, 5.74) is -8.61. The number of ether oxygens (including phenoxy) is 6. The molecule has 12 atom stereocenters. The zero-order chi connectivity index (χ0) is 32.6. The molecule has 0 radical (unpaired) electrons. The number of carbonyl (C=O) groups excluding carboxylic acids is 4. The third-order valence-electron chi connectivity index (χ3n) is 12.0. The van der Waals surface area contributed by atoms with Crippen molar-refractivity contribution >= 4 is 24.0 Å². The van der Waals surface area contributed by atoms with Crippen molar-refractivity contribution in [3.05, 3.63) is 35.9 Å². The van der Waals surface area contributed by atoms with Crippen molar-refractivity contribution in [3.8, 4) is 0 Å². The van der Waals surface area contributed by atoms with Gasteiger partial charge >= 0.3 is 24.0 Å². The fourth-order valence-electron chi connectivity index (χ4n) is 10.6. The molecule has 2 saturated carbocycles. The average molecular weight is 642 g/mol. The number of piperidine rings is 1. The summed E-state index contributed by atoms with van der Waals surface area (Å²) in [5.74, 6) is -4.91. The first-order chi connectivity index (χ1) is 21.8. The lowest BCUT2D eigenvalue weighted by Gasteiger charge is -2.49. The molecule has 5 saturated heterocycles. The van der Waals surface area contributed by atoms with Crippen LogP contribution in [0.25, 0.3) is 0 Å². The highest BCUT2D eigenvalue weighted by atomic mass is 16.8. The molecule has 0 aromatic heterocycles. The maximum absolute atomic E-state index is 14.4. The molecule has 1 amide bonds. The molecule has 1 aromatic rings. The zero-order valence-corrected chi connectivity index (χ0v) is 26.2. The Labute approximate surface area is 265 Å². The maximum atomic E-state index is 14.4. The summed E-state index contributed by atoms with van der Waals surface area (Å²) in [6, 6.07) is 9.14. The Balaban J connectivity index is 1.38. The first-order valence-electron chi connectivity index (χ1n) is 16.1. The molecule has 7 aliphatic rings. The van der Waals surface area contributed by atoms with E-state index in [-0.39, 0.29) is 6.61 Å². The molecule has 46 heavy (non-hydrogen) atoms. The molecule has 2 spiro atoms. The van der Waals surface area contributed by atoms with Gasteiger partial charge in [-0.2, -0.15) is 0 Å². The van der Waals surface area contributed by atoms with Gasteiger partial charge in [-0.25, -0.2) is 14.4 Å². The molecular weight excluding hydrogens is 602 g/mol. The van der Waals surface area contributed by atoms with E-state index in [1.165, 1.54) is 11.8 Å². The number of nitrogens with zero attached hydrogens (tertiary/aromatic N) is 1. The largest absolute Gasteiger partial charge is 0.456 e. The zero-order valence-electron chi connectivity index (χ0n) is 26.2. The third kappa shape index (κ3) is 3.11. The Morgan fingerprint density at radius 3 is 2.37 bits per heavy atom. The van der Waals surface area contributed by atoms with Gasteiger partial charge in [0.25, 0.3) is 0 Å². The Morgan fingerprint density at radius 1 is 1.00 bits per heavy atom. The second kappa shape index (κ2) is 9.42. The van der Waals surface area contributed by atoms with Crippen molar-refractivity contribution < 1.29 is 57.8 Å². The lowest BCUT2D eigenvalue weighted by Crippen LogP contribution is -2.67. The van der Waals surface area contributed by atoms with Crippen LogP contribution in [-0.2, 0) is 49.4 Å². The van der Waals surface area contributed by atoms with Crippen LogP contribution < -0.4 is 0 Å². The second-order valence-electron chi connectivity index (χ2n) is 15.0. The normalized spacial score (nSPS) is 46.7. The van der Waals surface area contributed by atoms with Crippen LogP contribution in [0, 0.1) is 28.1 Å². The van der Waals surface area contributed by atoms with Gasteiger partial charge in [0.1, 0.15) is 11.5 Å². The van der Waals surface area contributed by atoms with E-state index < -0.39 is 100 Å². The molecule has 1 aromatic carbocycles. The fraction of sp³-hybridized carbons (Fsp3) is 0.697. The van der Waals surface area contributed by atoms with Crippen molar-refractivity contribution in [2.45, 2.75) is 102 Å². The fourth-order valence-corrected chi connectivity index (χ4v) is 10.6. The van der Waals surface area contributed by atoms with Crippen molar-refractivity contribution in [1.29, 1.82) is 0 Å². The minimum atomic E-state index is -2.42. The number of likely N-dealkylation sites (tertiary alicyclic amines) is 1. The molecule has 0 bridgehead atoms. The number of esters is 3. The maximum Gasteiger partial charge on any atom is 0.410 e. The third-order valence-corrected chi connectivity index (χ3v) is 12.0.